The van der Waals surface area contributed by atoms with E-state index in [1.165, 1.54) is 0 Å². The molecule has 4 nitrogen and oxygen atoms in total. The van der Waals surface area contributed by atoms with Gasteiger partial charge in [-0.25, -0.2) is 9.97 Å². The Kier molecular flexibility index (Phi) is 3.68. The Hall–Kier alpha value is -1.52. The Bertz CT molecular complexity index is 621. The van der Waals surface area contributed by atoms with E-state index in [9.17, 15) is 0 Å². The Morgan fingerprint density at radius 1 is 1.10 bits per heavy atom. The van der Waals surface area contributed by atoms with Crippen molar-refractivity contribution in [1.29, 1.82) is 0 Å². The molecule has 1 fully saturated rings. The van der Waals surface area contributed by atoms with Crippen molar-refractivity contribution in [3.05, 3.63) is 40.1 Å². The topological polar surface area (TPSA) is 49.8 Å². The summed E-state index contributed by atoms with van der Waals surface area (Å²) in [6, 6.07) is 7.23. The van der Waals surface area contributed by atoms with Gasteiger partial charge in [-0.3, -0.25) is 0 Å². The average Bonchev–Trinajstić information content (AvgIpc) is 3.27. The summed E-state index contributed by atoms with van der Waals surface area (Å²) in [7, 11) is 1.84. The Balaban J connectivity index is 1.95. The summed E-state index contributed by atoms with van der Waals surface area (Å²) in [6.07, 6.45) is 2.30. The molecular formula is C14H14Cl2N4. The largest absolute Gasteiger partial charge is 0.373 e. The zero-order valence-corrected chi connectivity index (χ0v) is 12.5. The number of nitrogens with one attached hydrogen (secondary N) is 2. The van der Waals surface area contributed by atoms with Crippen LogP contribution in [0.2, 0.25) is 10.0 Å². The number of anilines is 3. The van der Waals surface area contributed by atoms with Crippen molar-refractivity contribution in [3.8, 4) is 0 Å². The summed E-state index contributed by atoms with van der Waals surface area (Å²) in [6.45, 7) is 0. The molecule has 0 amide bonds. The third kappa shape index (κ3) is 2.81. The minimum Gasteiger partial charge on any atom is -0.373 e. The first-order valence-corrected chi connectivity index (χ1v) is 7.20. The van der Waals surface area contributed by atoms with E-state index in [4.69, 9.17) is 23.2 Å². The van der Waals surface area contributed by atoms with Crippen LogP contribution < -0.4 is 10.6 Å². The highest BCUT2D eigenvalue weighted by Gasteiger charge is 2.27. The monoisotopic (exact) mass is 308 g/mol. The predicted molar refractivity (Wildman–Crippen MR) is 83.3 cm³/mol. The zero-order valence-electron chi connectivity index (χ0n) is 11.0. The second-order valence-electron chi connectivity index (χ2n) is 4.74. The first kappa shape index (κ1) is 13.5. The fourth-order valence-corrected chi connectivity index (χ4v) is 2.42. The van der Waals surface area contributed by atoms with Gasteiger partial charge in [-0.2, -0.15) is 0 Å². The highest BCUT2D eigenvalue weighted by Crippen LogP contribution is 2.39. The maximum atomic E-state index is 6.16. The zero-order chi connectivity index (χ0) is 14.1. The van der Waals surface area contributed by atoms with Crippen molar-refractivity contribution in [1.82, 2.24) is 9.97 Å². The van der Waals surface area contributed by atoms with Gasteiger partial charge in [0.25, 0.3) is 0 Å². The lowest BCUT2D eigenvalue weighted by molar-refractivity contribution is 0.932. The molecule has 0 aliphatic heterocycles. The van der Waals surface area contributed by atoms with Crippen LogP contribution in [-0.4, -0.2) is 17.0 Å². The minimum absolute atomic E-state index is 0.477. The third-order valence-corrected chi connectivity index (χ3v) is 3.79. The molecule has 3 rings (SSSR count). The first-order chi connectivity index (χ1) is 9.67. The molecular weight excluding hydrogens is 295 g/mol. The van der Waals surface area contributed by atoms with E-state index in [0.717, 1.165) is 24.5 Å². The lowest BCUT2D eigenvalue weighted by Crippen LogP contribution is -2.03. The molecule has 104 valence electrons. The Labute approximate surface area is 127 Å². The minimum atomic E-state index is 0.477. The van der Waals surface area contributed by atoms with Crippen LogP contribution in [0.25, 0.3) is 0 Å². The van der Waals surface area contributed by atoms with Crippen LogP contribution in [0.15, 0.2) is 24.3 Å². The molecule has 1 heterocycles. The molecule has 20 heavy (non-hydrogen) atoms. The van der Waals surface area contributed by atoms with Gasteiger partial charge in [0.2, 0.25) is 0 Å². The van der Waals surface area contributed by atoms with Gasteiger partial charge in [0.15, 0.2) is 0 Å². The smallest absolute Gasteiger partial charge is 0.136 e. The van der Waals surface area contributed by atoms with Gasteiger partial charge in [-0.05, 0) is 25.0 Å². The number of nitrogens with zero attached hydrogens (tertiary/aromatic N) is 2. The molecule has 0 radical (unpaired) electrons. The number of para-hydroxylation sites is 1. The van der Waals surface area contributed by atoms with E-state index in [1.54, 1.807) is 12.1 Å². The van der Waals surface area contributed by atoms with Crippen molar-refractivity contribution in [2.24, 2.45) is 0 Å². The van der Waals surface area contributed by atoms with Gasteiger partial charge >= 0.3 is 0 Å². The molecule has 6 heteroatoms. The molecule has 0 atom stereocenters. The number of benzene rings is 1. The third-order valence-electron chi connectivity index (χ3n) is 3.16. The van der Waals surface area contributed by atoms with Gasteiger partial charge < -0.3 is 10.6 Å². The molecule has 1 saturated carbocycles. The van der Waals surface area contributed by atoms with E-state index >= 15 is 0 Å². The second kappa shape index (κ2) is 5.46. The summed E-state index contributed by atoms with van der Waals surface area (Å²) >= 11 is 12.3. The van der Waals surface area contributed by atoms with Crippen molar-refractivity contribution in [2.75, 3.05) is 17.7 Å². The van der Waals surface area contributed by atoms with Crippen molar-refractivity contribution in [3.63, 3.8) is 0 Å². The summed E-state index contributed by atoms with van der Waals surface area (Å²) in [5.74, 6) is 2.82. The van der Waals surface area contributed by atoms with E-state index in [1.807, 2.05) is 19.2 Å². The fraction of sp³-hybridized carbons (Fsp3) is 0.286. The SMILES string of the molecule is CNc1cc(Nc2c(Cl)cccc2Cl)nc(C2CC2)n1. The number of rotatable bonds is 4. The molecule has 1 aliphatic rings. The van der Waals surface area contributed by atoms with Crippen LogP contribution >= 0.6 is 23.2 Å². The maximum absolute atomic E-state index is 6.16. The van der Waals surface area contributed by atoms with Crippen LogP contribution in [0.5, 0.6) is 0 Å². The number of hydrogen-bond acceptors (Lipinski definition) is 4. The van der Waals surface area contributed by atoms with Crippen LogP contribution in [0, 0.1) is 0 Å². The van der Waals surface area contributed by atoms with Crippen LogP contribution in [0.4, 0.5) is 17.3 Å². The van der Waals surface area contributed by atoms with E-state index in [-0.39, 0.29) is 0 Å². The Morgan fingerprint density at radius 2 is 1.75 bits per heavy atom. The summed E-state index contributed by atoms with van der Waals surface area (Å²) in [4.78, 5) is 9.01. The van der Waals surface area contributed by atoms with Crippen LogP contribution in [-0.2, 0) is 0 Å². The molecule has 0 unspecified atom stereocenters. The molecule has 0 spiro atoms. The molecule has 1 aromatic heterocycles. The highest BCUT2D eigenvalue weighted by atomic mass is 35.5. The molecule has 2 aromatic rings. The summed E-state index contributed by atoms with van der Waals surface area (Å²) < 4.78 is 0. The molecule has 2 N–H and O–H groups in total. The van der Waals surface area contributed by atoms with Crippen molar-refractivity contribution >= 4 is 40.5 Å². The normalized spacial score (nSPS) is 14.2. The first-order valence-electron chi connectivity index (χ1n) is 6.45. The van der Waals surface area contributed by atoms with Crippen LogP contribution in [0.1, 0.15) is 24.6 Å². The molecule has 1 aromatic carbocycles. The quantitative estimate of drug-likeness (QED) is 0.876. The predicted octanol–water partition coefficient (Wildman–Crippen LogP) is 4.45. The van der Waals surface area contributed by atoms with Gasteiger partial charge in [-0.15, -0.1) is 0 Å². The van der Waals surface area contributed by atoms with Crippen LogP contribution in [0.3, 0.4) is 0 Å². The lowest BCUT2D eigenvalue weighted by atomic mass is 10.3. The van der Waals surface area contributed by atoms with Gasteiger partial charge in [0.05, 0.1) is 15.7 Å². The second-order valence-corrected chi connectivity index (χ2v) is 5.56. The van der Waals surface area contributed by atoms with Gasteiger partial charge in [0.1, 0.15) is 17.5 Å². The highest BCUT2D eigenvalue weighted by molar-refractivity contribution is 6.39. The molecule has 0 bridgehead atoms. The van der Waals surface area contributed by atoms with Crippen molar-refractivity contribution in [2.45, 2.75) is 18.8 Å². The number of hydrogen-bond donors (Lipinski definition) is 2. The van der Waals surface area contributed by atoms with Crippen molar-refractivity contribution < 1.29 is 0 Å². The molecule has 0 saturated heterocycles. The summed E-state index contributed by atoms with van der Waals surface area (Å²) in [5.41, 5.74) is 0.665. The summed E-state index contributed by atoms with van der Waals surface area (Å²) in [5, 5.41) is 7.36. The average molecular weight is 309 g/mol. The molecule has 1 aliphatic carbocycles. The number of halogens is 2. The van der Waals surface area contributed by atoms with E-state index in [2.05, 4.69) is 20.6 Å². The van der Waals surface area contributed by atoms with Gasteiger partial charge in [-0.1, -0.05) is 29.3 Å². The van der Waals surface area contributed by atoms with E-state index in [0.29, 0.717) is 27.5 Å². The standard InChI is InChI=1S/C14H14Cl2N4/c1-17-11-7-12(20-14(19-11)8-5-6-8)18-13-9(15)3-2-4-10(13)16/h2-4,7-8H,5-6H2,1H3,(H2,17,18,19,20). The maximum Gasteiger partial charge on any atom is 0.136 e. The fourth-order valence-electron chi connectivity index (χ4n) is 1.93. The number of aromatic nitrogens is 2. The van der Waals surface area contributed by atoms with E-state index < -0.39 is 0 Å². The van der Waals surface area contributed by atoms with Gasteiger partial charge in [0, 0.05) is 19.0 Å². The Morgan fingerprint density at radius 3 is 2.35 bits per heavy atom. The lowest BCUT2D eigenvalue weighted by Gasteiger charge is -2.12.